The number of hydrogen-bond donors (Lipinski definition) is 3. The Bertz CT molecular complexity index is 398. The lowest BCUT2D eigenvalue weighted by molar-refractivity contribution is 0.190. The van der Waals surface area contributed by atoms with Crippen molar-refractivity contribution in [3.63, 3.8) is 0 Å². The normalized spacial score (nSPS) is 10.1. The number of rotatable bonds is 4. The lowest BCUT2D eigenvalue weighted by atomic mass is 10.2. The van der Waals surface area contributed by atoms with Crippen LogP contribution in [0.25, 0.3) is 0 Å². The van der Waals surface area contributed by atoms with E-state index in [4.69, 9.17) is 5.11 Å². The number of phenols is 1. The topological polar surface area (TPSA) is 72.8 Å². The molecule has 1 aromatic carbocycles. The average molecular weight is 303 g/mol. The number of nitrogens with zero attached hydrogens (tertiary/aromatic N) is 1. The standard InChI is InChI=1S/C11H15BrN2O3/c1-14(4-5-15)11(17)13-7-8-2-3-10(16)9(12)6-8/h2-3,6,15-16H,4-5,7H2,1H3,(H,13,17). The summed E-state index contributed by atoms with van der Waals surface area (Å²) in [6.45, 7) is 0.604. The van der Waals surface area contributed by atoms with E-state index in [1.807, 2.05) is 0 Å². The highest BCUT2D eigenvalue weighted by Crippen LogP contribution is 2.24. The highest BCUT2D eigenvalue weighted by Gasteiger charge is 2.07. The monoisotopic (exact) mass is 302 g/mol. The molecule has 0 atom stereocenters. The maximum absolute atomic E-state index is 11.5. The zero-order valence-electron chi connectivity index (χ0n) is 9.48. The highest BCUT2D eigenvalue weighted by atomic mass is 79.9. The van der Waals surface area contributed by atoms with Crippen LogP contribution in [0.5, 0.6) is 5.75 Å². The largest absolute Gasteiger partial charge is 0.507 e. The Kier molecular flexibility index (Phi) is 5.24. The Hall–Kier alpha value is -1.27. The van der Waals surface area contributed by atoms with Gasteiger partial charge < -0.3 is 20.4 Å². The summed E-state index contributed by atoms with van der Waals surface area (Å²) in [5.41, 5.74) is 0.875. The number of likely N-dealkylation sites (N-methyl/N-ethyl adjacent to an activating group) is 1. The third-order valence-corrected chi connectivity index (χ3v) is 2.87. The van der Waals surface area contributed by atoms with E-state index in [9.17, 15) is 9.90 Å². The molecule has 0 aliphatic heterocycles. The van der Waals surface area contributed by atoms with E-state index in [1.54, 1.807) is 25.2 Å². The zero-order valence-corrected chi connectivity index (χ0v) is 11.1. The summed E-state index contributed by atoms with van der Waals surface area (Å²) < 4.78 is 0.591. The first kappa shape index (κ1) is 13.8. The van der Waals surface area contributed by atoms with Gasteiger partial charge in [0, 0.05) is 20.1 Å². The van der Waals surface area contributed by atoms with Crippen LogP contribution in [0, 0.1) is 0 Å². The Labute approximate surface area is 108 Å². The maximum Gasteiger partial charge on any atom is 0.317 e. The van der Waals surface area contributed by atoms with Crippen molar-refractivity contribution in [1.29, 1.82) is 0 Å². The van der Waals surface area contributed by atoms with Crippen LogP contribution in [-0.4, -0.2) is 41.3 Å². The van der Waals surface area contributed by atoms with Crippen molar-refractivity contribution in [2.24, 2.45) is 0 Å². The van der Waals surface area contributed by atoms with Crippen molar-refractivity contribution < 1.29 is 15.0 Å². The Morgan fingerprint density at radius 3 is 2.82 bits per heavy atom. The molecule has 2 amide bonds. The predicted octanol–water partition coefficient (Wildman–Crippen LogP) is 1.29. The van der Waals surface area contributed by atoms with E-state index in [0.717, 1.165) is 5.56 Å². The molecule has 0 saturated carbocycles. The van der Waals surface area contributed by atoms with E-state index < -0.39 is 0 Å². The summed E-state index contributed by atoms with van der Waals surface area (Å²) in [4.78, 5) is 12.9. The molecule has 0 bridgehead atoms. The van der Waals surface area contributed by atoms with Gasteiger partial charge in [0.2, 0.25) is 0 Å². The molecule has 1 aromatic rings. The van der Waals surface area contributed by atoms with Crippen molar-refractivity contribution in [3.8, 4) is 5.75 Å². The Balaban J connectivity index is 2.50. The second-order valence-corrected chi connectivity index (χ2v) is 4.44. The van der Waals surface area contributed by atoms with Gasteiger partial charge >= 0.3 is 6.03 Å². The second-order valence-electron chi connectivity index (χ2n) is 3.59. The van der Waals surface area contributed by atoms with Crippen LogP contribution in [-0.2, 0) is 6.54 Å². The van der Waals surface area contributed by atoms with Gasteiger partial charge in [-0.15, -0.1) is 0 Å². The van der Waals surface area contributed by atoms with E-state index in [2.05, 4.69) is 21.2 Å². The molecule has 1 rings (SSSR count). The number of aliphatic hydroxyl groups is 1. The maximum atomic E-state index is 11.5. The number of carbonyl (C=O) groups excluding carboxylic acids is 1. The van der Waals surface area contributed by atoms with E-state index in [-0.39, 0.29) is 18.4 Å². The minimum Gasteiger partial charge on any atom is -0.507 e. The summed E-state index contributed by atoms with van der Waals surface area (Å²) >= 11 is 3.20. The van der Waals surface area contributed by atoms with Crippen molar-refractivity contribution in [1.82, 2.24) is 10.2 Å². The molecular weight excluding hydrogens is 288 g/mol. The van der Waals surface area contributed by atoms with Crippen LogP contribution in [0.3, 0.4) is 0 Å². The van der Waals surface area contributed by atoms with Gasteiger partial charge in [0.25, 0.3) is 0 Å². The first-order chi connectivity index (χ1) is 8.04. The molecule has 0 saturated heterocycles. The number of nitrogens with one attached hydrogen (secondary N) is 1. The fraction of sp³-hybridized carbons (Fsp3) is 0.364. The van der Waals surface area contributed by atoms with Gasteiger partial charge in [0.05, 0.1) is 11.1 Å². The number of amides is 2. The van der Waals surface area contributed by atoms with Crippen LogP contribution in [0.15, 0.2) is 22.7 Å². The lowest BCUT2D eigenvalue weighted by Crippen LogP contribution is -2.38. The molecule has 94 valence electrons. The van der Waals surface area contributed by atoms with Gasteiger partial charge in [0.15, 0.2) is 0 Å². The van der Waals surface area contributed by atoms with Crippen LogP contribution >= 0.6 is 15.9 Å². The lowest BCUT2D eigenvalue weighted by Gasteiger charge is -2.16. The molecule has 6 heteroatoms. The van der Waals surface area contributed by atoms with Gasteiger partial charge in [-0.3, -0.25) is 0 Å². The first-order valence-corrected chi connectivity index (χ1v) is 5.91. The molecule has 0 spiro atoms. The predicted molar refractivity (Wildman–Crippen MR) is 67.8 cm³/mol. The Morgan fingerprint density at radius 2 is 2.24 bits per heavy atom. The van der Waals surface area contributed by atoms with Gasteiger partial charge in [-0.25, -0.2) is 4.79 Å². The summed E-state index contributed by atoms with van der Waals surface area (Å²) in [6.07, 6.45) is 0. The van der Waals surface area contributed by atoms with Crippen LogP contribution in [0.4, 0.5) is 4.79 Å². The molecule has 0 aliphatic rings. The fourth-order valence-corrected chi connectivity index (χ4v) is 1.65. The molecule has 17 heavy (non-hydrogen) atoms. The number of aliphatic hydroxyl groups excluding tert-OH is 1. The molecule has 3 N–H and O–H groups in total. The fourth-order valence-electron chi connectivity index (χ4n) is 1.22. The molecule has 0 fully saturated rings. The van der Waals surface area contributed by atoms with Crippen molar-refractivity contribution in [2.45, 2.75) is 6.54 Å². The SMILES string of the molecule is CN(CCO)C(=O)NCc1ccc(O)c(Br)c1. The second kappa shape index (κ2) is 6.46. The highest BCUT2D eigenvalue weighted by molar-refractivity contribution is 9.10. The van der Waals surface area contributed by atoms with Crippen LogP contribution < -0.4 is 5.32 Å². The number of phenolic OH excluding ortho intramolecular Hbond substituents is 1. The molecule has 0 radical (unpaired) electrons. The van der Waals surface area contributed by atoms with Crippen molar-refractivity contribution in [2.75, 3.05) is 20.2 Å². The van der Waals surface area contributed by atoms with E-state index in [1.165, 1.54) is 4.90 Å². The number of halogens is 1. The van der Waals surface area contributed by atoms with Gasteiger partial charge in [0.1, 0.15) is 5.75 Å². The van der Waals surface area contributed by atoms with Crippen LogP contribution in [0.2, 0.25) is 0 Å². The van der Waals surface area contributed by atoms with Gasteiger partial charge in [-0.2, -0.15) is 0 Å². The number of urea groups is 1. The third kappa shape index (κ3) is 4.24. The Morgan fingerprint density at radius 1 is 1.53 bits per heavy atom. The average Bonchev–Trinajstić information content (AvgIpc) is 2.30. The number of carbonyl (C=O) groups is 1. The summed E-state index contributed by atoms with van der Waals surface area (Å²) in [6, 6.07) is 4.78. The summed E-state index contributed by atoms with van der Waals surface area (Å²) in [7, 11) is 1.61. The number of aromatic hydroxyl groups is 1. The molecule has 0 unspecified atom stereocenters. The minimum absolute atomic E-state index is 0.0608. The quantitative estimate of drug-likeness (QED) is 0.785. The minimum atomic E-state index is -0.247. The van der Waals surface area contributed by atoms with Gasteiger partial charge in [-0.05, 0) is 33.6 Å². The number of hydrogen-bond acceptors (Lipinski definition) is 3. The zero-order chi connectivity index (χ0) is 12.8. The van der Waals surface area contributed by atoms with Crippen molar-refractivity contribution in [3.05, 3.63) is 28.2 Å². The van der Waals surface area contributed by atoms with Crippen LogP contribution in [0.1, 0.15) is 5.56 Å². The molecule has 0 aliphatic carbocycles. The molecule has 0 aromatic heterocycles. The van der Waals surface area contributed by atoms with E-state index >= 15 is 0 Å². The molecular formula is C11H15BrN2O3. The summed E-state index contributed by atoms with van der Waals surface area (Å²) in [5, 5.41) is 20.7. The third-order valence-electron chi connectivity index (χ3n) is 2.24. The van der Waals surface area contributed by atoms with Crippen molar-refractivity contribution >= 4 is 22.0 Å². The summed E-state index contributed by atoms with van der Waals surface area (Å²) in [5.74, 6) is 0.164. The molecule has 0 heterocycles. The number of benzene rings is 1. The molecule has 5 nitrogen and oxygen atoms in total. The van der Waals surface area contributed by atoms with E-state index in [0.29, 0.717) is 17.6 Å². The smallest absolute Gasteiger partial charge is 0.317 e. The van der Waals surface area contributed by atoms with Gasteiger partial charge in [-0.1, -0.05) is 6.07 Å². The first-order valence-electron chi connectivity index (χ1n) is 5.12.